The number of carbonyl (C=O) groups excluding carboxylic acids is 2. The quantitative estimate of drug-likeness (QED) is 0.287. The van der Waals surface area contributed by atoms with E-state index in [4.69, 9.17) is 32.5 Å². The van der Waals surface area contributed by atoms with Gasteiger partial charge in [-0.05, 0) is 44.4 Å². The first kappa shape index (κ1) is 37.0. The molecule has 0 radical (unpaired) electrons. The summed E-state index contributed by atoms with van der Waals surface area (Å²) in [7, 11) is 1.35. The molecule has 3 unspecified atom stereocenters. The maximum Gasteiger partial charge on any atom is 0.416 e. The standard InChI is InChI=1S/C27H27ClF4N8O4.C7H12FN/c1-43-26-35-16-7-18(19-14(27(30,31)32)3-4-15(33)21(19)29)44-11-13(16)24(36-26)38-5-2-6-40-17(10-38)20(28)22(37-40)25(42)39-8-12(9-39)23(34)41;8-6-4-7-2-1-3-9(7)5-6/h3-4,12,18H,2,5-11,33H2,1H3,(H2,34,41);6-7H,1-5H2. The number of halogens is 6. The van der Waals surface area contributed by atoms with Crippen LogP contribution in [0.2, 0.25) is 5.02 Å². The number of hydrogen-bond acceptors (Lipinski definition) is 10. The molecule has 13 nitrogen and oxygen atoms in total. The van der Waals surface area contributed by atoms with Crippen LogP contribution in [0.3, 0.4) is 0 Å². The third-order valence-electron chi connectivity index (χ3n) is 10.5. The fourth-order valence-electron chi connectivity index (χ4n) is 7.74. The minimum Gasteiger partial charge on any atom is -0.467 e. The summed E-state index contributed by atoms with van der Waals surface area (Å²) in [5.74, 6) is -2.09. The molecule has 8 rings (SSSR count). The van der Waals surface area contributed by atoms with Gasteiger partial charge in [-0.2, -0.15) is 28.2 Å². The number of likely N-dealkylation sites (tertiary alicyclic amines) is 1. The lowest BCUT2D eigenvalue weighted by molar-refractivity contribution is -0.140. The number of aryl methyl sites for hydroxylation is 1. The maximum atomic E-state index is 15.0. The molecule has 0 bridgehead atoms. The Hall–Kier alpha value is -4.29. The number of nitrogens with zero attached hydrogens (tertiary/aromatic N) is 7. The van der Waals surface area contributed by atoms with Gasteiger partial charge >= 0.3 is 12.2 Å². The minimum atomic E-state index is -4.84. The number of aromatic nitrogens is 4. The summed E-state index contributed by atoms with van der Waals surface area (Å²) >= 11 is 6.69. The van der Waals surface area contributed by atoms with Gasteiger partial charge in [0, 0.05) is 56.3 Å². The molecule has 1 aromatic carbocycles. The molecule has 7 heterocycles. The predicted molar refractivity (Wildman–Crippen MR) is 181 cm³/mol. The van der Waals surface area contributed by atoms with E-state index in [1.807, 2.05) is 4.90 Å². The Morgan fingerprint density at radius 1 is 1.09 bits per heavy atom. The van der Waals surface area contributed by atoms with Crippen molar-refractivity contribution in [3.05, 3.63) is 56.7 Å². The highest BCUT2D eigenvalue weighted by Gasteiger charge is 2.41. The van der Waals surface area contributed by atoms with Crippen LogP contribution >= 0.6 is 11.6 Å². The molecule has 3 saturated heterocycles. The molecule has 53 heavy (non-hydrogen) atoms. The highest BCUT2D eigenvalue weighted by Crippen LogP contribution is 2.43. The molecule has 3 atom stereocenters. The molecule has 3 aromatic rings. The van der Waals surface area contributed by atoms with Crippen molar-refractivity contribution in [1.29, 1.82) is 0 Å². The number of methoxy groups -OCH3 is 1. The van der Waals surface area contributed by atoms with E-state index in [2.05, 4.69) is 20.0 Å². The number of carbonyl (C=O) groups is 2. The average Bonchev–Trinajstić information content (AvgIpc) is 3.71. The Labute approximate surface area is 306 Å². The minimum absolute atomic E-state index is 0.0370. The lowest BCUT2D eigenvalue weighted by Crippen LogP contribution is -2.54. The topological polar surface area (TPSA) is 158 Å². The van der Waals surface area contributed by atoms with Gasteiger partial charge in [0.05, 0.1) is 59.9 Å². The molecular formula is C34H39ClF5N9O4. The first-order valence-electron chi connectivity index (χ1n) is 17.4. The SMILES string of the molecule is COc1nc2c(c(N3CCCn4nc(C(=O)N5CC(C(N)=O)C5)c(Cl)c4C3)n1)COC(c1c(C(F)(F)F)ccc(N)c1F)C2.FC1CC2CCCN2C1. The molecule has 0 spiro atoms. The van der Waals surface area contributed by atoms with Crippen LogP contribution < -0.4 is 21.1 Å². The van der Waals surface area contributed by atoms with Crippen molar-refractivity contribution in [3.8, 4) is 6.01 Å². The number of anilines is 2. The first-order chi connectivity index (χ1) is 25.2. The predicted octanol–water partition coefficient (Wildman–Crippen LogP) is 4.05. The largest absolute Gasteiger partial charge is 0.467 e. The molecule has 19 heteroatoms. The van der Waals surface area contributed by atoms with Crippen molar-refractivity contribution in [2.75, 3.05) is 50.5 Å². The van der Waals surface area contributed by atoms with Gasteiger partial charge < -0.3 is 30.7 Å². The van der Waals surface area contributed by atoms with E-state index < -0.39 is 58.8 Å². The molecule has 3 fully saturated rings. The van der Waals surface area contributed by atoms with Crippen LogP contribution in [0.1, 0.15) is 70.4 Å². The first-order valence-corrected chi connectivity index (χ1v) is 17.8. The molecular weight excluding hydrogens is 729 g/mol. The van der Waals surface area contributed by atoms with Gasteiger partial charge in [-0.1, -0.05) is 11.6 Å². The van der Waals surface area contributed by atoms with Crippen molar-refractivity contribution in [3.63, 3.8) is 0 Å². The van der Waals surface area contributed by atoms with Crippen LogP contribution in [0.25, 0.3) is 0 Å². The zero-order valence-corrected chi connectivity index (χ0v) is 29.6. The number of alkyl halides is 4. The van der Waals surface area contributed by atoms with E-state index in [0.717, 1.165) is 25.1 Å². The second-order valence-electron chi connectivity index (χ2n) is 13.9. The summed E-state index contributed by atoms with van der Waals surface area (Å²) in [6.07, 6.45) is -2.96. The molecule has 0 saturated carbocycles. The second-order valence-corrected chi connectivity index (χ2v) is 14.3. The van der Waals surface area contributed by atoms with E-state index in [-0.39, 0.29) is 49.4 Å². The zero-order valence-electron chi connectivity index (χ0n) is 28.8. The molecule has 5 aliphatic heterocycles. The molecule has 2 amide bonds. The average molecular weight is 768 g/mol. The zero-order chi connectivity index (χ0) is 37.8. The van der Waals surface area contributed by atoms with E-state index >= 15 is 4.39 Å². The van der Waals surface area contributed by atoms with E-state index in [9.17, 15) is 27.2 Å². The summed E-state index contributed by atoms with van der Waals surface area (Å²) in [5.41, 5.74) is 10.1. The molecule has 2 aromatic heterocycles. The summed E-state index contributed by atoms with van der Waals surface area (Å²) in [6, 6.07) is 2.18. The Kier molecular flexibility index (Phi) is 10.1. The van der Waals surface area contributed by atoms with E-state index in [0.29, 0.717) is 54.9 Å². The van der Waals surface area contributed by atoms with E-state index in [1.165, 1.54) is 24.9 Å². The van der Waals surface area contributed by atoms with Gasteiger partial charge in [-0.25, -0.2) is 8.78 Å². The van der Waals surface area contributed by atoms with Gasteiger partial charge in [0.25, 0.3) is 5.91 Å². The van der Waals surface area contributed by atoms with Gasteiger partial charge in [0.1, 0.15) is 12.0 Å². The smallest absolute Gasteiger partial charge is 0.416 e. The van der Waals surface area contributed by atoms with E-state index in [1.54, 1.807) is 4.68 Å². The van der Waals surface area contributed by atoms with Crippen molar-refractivity contribution in [2.45, 2.75) is 76.3 Å². The Morgan fingerprint density at radius 2 is 1.87 bits per heavy atom. The lowest BCUT2D eigenvalue weighted by Gasteiger charge is -2.36. The van der Waals surface area contributed by atoms with Gasteiger partial charge in [0.15, 0.2) is 11.5 Å². The van der Waals surface area contributed by atoms with Crippen LogP contribution in [0.5, 0.6) is 6.01 Å². The van der Waals surface area contributed by atoms with Crippen LogP contribution in [0.15, 0.2) is 12.1 Å². The van der Waals surface area contributed by atoms with Crippen molar-refractivity contribution < 1.29 is 41.0 Å². The monoisotopic (exact) mass is 767 g/mol. The van der Waals surface area contributed by atoms with Crippen molar-refractivity contribution >= 4 is 34.9 Å². The third kappa shape index (κ3) is 7.19. The lowest BCUT2D eigenvalue weighted by atomic mass is 9.94. The summed E-state index contributed by atoms with van der Waals surface area (Å²) in [6.45, 7) is 3.13. The number of ether oxygens (including phenoxy) is 2. The normalized spacial score (nSPS) is 23.0. The highest BCUT2D eigenvalue weighted by molar-refractivity contribution is 6.34. The maximum absolute atomic E-state index is 15.0. The van der Waals surface area contributed by atoms with Gasteiger partial charge in [-0.3, -0.25) is 19.2 Å². The molecule has 5 aliphatic rings. The van der Waals surface area contributed by atoms with Crippen molar-refractivity contribution in [2.24, 2.45) is 11.7 Å². The Morgan fingerprint density at radius 3 is 2.57 bits per heavy atom. The molecule has 286 valence electrons. The number of nitrogen functional groups attached to an aromatic ring is 1. The fraction of sp³-hybridized carbons (Fsp3) is 0.559. The fourth-order valence-corrected chi connectivity index (χ4v) is 8.02. The summed E-state index contributed by atoms with van der Waals surface area (Å²) in [4.78, 5) is 39.0. The third-order valence-corrected chi connectivity index (χ3v) is 10.9. The molecule has 0 aliphatic carbocycles. The van der Waals surface area contributed by atoms with Crippen LogP contribution in [-0.2, 0) is 41.8 Å². The molecule has 4 N–H and O–H groups in total. The number of amides is 2. The number of nitrogens with two attached hydrogens (primary N) is 2. The second kappa shape index (κ2) is 14.5. The van der Waals surface area contributed by atoms with Gasteiger partial charge in [0.2, 0.25) is 5.91 Å². The van der Waals surface area contributed by atoms with Crippen molar-refractivity contribution in [1.82, 2.24) is 29.5 Å². The number of rotatable bonds is 5. The van der Waals surface area contributed by atoms with Gasteiger partial charge in [-0.15, -0.1) is 0 Å². The number of primary amides is 1. The van der Waals surface area contributed by atoms with Crippen LogP contribution in [0.4, 0.5) is 33.5 Å². The Bertz CT molecular complexity index is 1890. The number of fused-ring (bicyclic) bond motifs is 3. The van der Waals surface area contributed by atoms with Crippen LogP contribution in [-0.4, -0.2) is 93.4 Å². The highest BCUT2D eigenvalue weighted by atomic mass is 35.5. The number of benzene rings is 1. The van der Waals surface area contributed by atoms with Crippen LogP contribution in [0, 0.1) is 11.7 Å². The summed E-state index contributed by atoms with van der Waals surface area (Å²) < 4.78 is 81.9. The Balaban J connectivity index is 0.000000418. The number of hydrogen-bond donors (Lipinski definition) is 2. The summed E-state index contributed by atoms with van der Waals surface area (Å²) in [5, 5.41) is 4.61.